The Balaban J connectivity index is 3.90. The molecule has 2 heteroatoms. The van der Waals surface area contributed by atoms with Crippen LogP contribution in [0, 0.1) is 0 Å². The van der Waals surface area contributed by atoms with Crippen molar-refractivity contribution in [3.05, 3.63) is 0 Å². The van der Waals surface area contributed by atoms with Gasteiger partial charge >= 0.3 is 82.4 Å². The number of halogens is 1. The van der Waals surface area contributed by atoms with Gasteiger partial charge in [-0.15, -0.1) is 0 Å². The Morgan fingerprint density at radius 3 is 1.50 bits per heavy atom. The van der Waals surface area contributed by atoms with Crippen molar-refractivity contribution in [2.24, 2.45) is 0 Å². The molecule has 0 radical (unpaired) electrons. The summed E-state index contributed by atoms with van der Waals surface area (Å²) in [5, 5.41) is 0. The van der Waals surface area contributed by atoms with Gasteiger partial charge in [0.2, 0.25) is 0 Å². The van der Waals surface area contributed by atoms with E-state index in [2.05, 4.69) is 27.2 Å². The molecule has 0 saturated carbocycles. The van der Waals surface area contributed by atoms with Crippen molar-refractivity contribution in [2.45, 2.75) is 39.5 Å². The van der Waals surface area contributed by atoms with Gasteiger partial charge in [0.05, 0.1) is 0 Å². The standard InChI is InChI=1S/C10H24ClP/c1-5-7-9-12(3,4,11)10-8-6-2/h5-10H2,1-4H3. The molecule has 12 heavy (non-hydrogen) atoms. The van der Waals surface area contributed by atoms with Gasteiger partial charge in [0.15, 0.2) is 0 Å². The Hall–Kier alpha value is 0.720. The van der Waals surface area contributed by atoms with Gasteiger partial charge in [-0.1, -0.05) is 0 Å². The predicted molar refractivity (Wildman–Crippen MR) is 64.2 cm³/mol. The van der Waals surface area contributed by atoms with Gasteiger partial charge in [-0.2, -0.15) is 0 Å². The predicted octanol–water partition coefficient (Wildman–Crippen LogP) is 4.55. The summed E-state index contributed by atoms with van der Waals surface area (Å²) in [5.74, 6) is -1.73. The summed E-state index contributed by atoms with van der Waals surface area (Å²) in [6.07, 6.45) is 7.69. The molecule has 0 rings (SSSR count). The maximum atomic E-state index is 6.68. The van der Waals surface area contributed by atoms with E-state index in [1.54, 1.807) is 0 Å². The first kappa shape index (κ1) is 12.7. The Morgan fingerprint density at radius 1 is 0.917 bits per heavy atom. The van der Waals surface area contributed by atoms with Crippen molar-refractivity contribution in [1.29, 1.82) is 0 Å². The molecule has 0 unspecified atom stereocenters. The van der Waals surface area contributed by atoms with Crippen molar-refractivity contribution in [1.82, 2.24) is 0 Å². The third-order valence-corrected chi connectivity index (χ3v) is 6.81. The van der Waals surface area contributed by atoms with Crippen LogP contribution in [-0.2, 0) is 0 Å². The molecule has 0 saturated heterocycles. The van der Waals surface area contributed by atoms with Gasteiger partial charge in [-0.3, -0.25) is 0 Å². The van der Waals surface area contributed by atoms with Crippen LogP contribution in [-0.4, -0.2) is 25.7 Å². The third kappa shape index (κ3) is 6.26. The summed E-state index contributed by atoms with van der Waals surface area (Å²) in [6, 6.07) is 0. The van der Waals surface area contributed by atoms with E-state index in [0.717, 1.165) is 0 Å². The Labute approximate surface area is 82.8 Å². The molecule has 0 N–H and O–H groups in total. The second-order valence-electron chi connectivity index (χ2n) is 4.67. The summed E-state index contributed by atoms with van der Waals surface area (Å²) >= 11 is 6.68. The molecular weight excluding hydrogens is 187 g/mol. The molecule has 0 fully saturated rings. The monoisotopic (exact) mass is 210 g/mol. The van der Waals surface area contributed by atoms with Crippen LogP contribution in [0.1, 0.15) is 39.5 Å². The Morgan fingerprint density at radius 2 is 1.25 bits per heavy atom. The van der Waals surface area contributed by atoms with Crippen molar-refractivity contribution in [3.8, 4) is 0 Å². The molecular formula is C10H24ClP. The van der Waals surface area contributed by atoms with Gasteiger partial charge in [-0.05, 0) is 0 Å². The fourth-order valence-corrected chi connectivity index (χ4v) is 4.93. The van der Waals surface area contributed by atoms with Crippen LogP contribution in [0.3, 0.4) is 0 Å². The summed E-state index contributed by atoms with van der Waals surface area (Å²) in [4.78, 5) is 0. The topological polar surface area (TPSA) is 0 Å². The Kier molecular flexibility index (Phi) is 5.11. The fraction of sp³-hybridized carbons (Fsp3) is 1.00. The minimum absolute atomic E-state index is 1.27. The van der Waals surface area contributed by atoms with Crippen LogP contribution in [0.2, 0.25) is 0 Å². The van der Waals surface area contributed by atoms with E-state index in [1.165, 1.54) is 38.0 Å². The van der Waals surface area contributed by atoms with E-state index in [1.807, 2.05) is 0 Å². The quantitative estimate of drug-likeness (QED) is 0.564. The first-order valence-corrected chi connectivity index (χ1v) is 9.52. The van der Waals surface area contributed by atoms with Gasteiger partial charge in [0.1, 0.15) is 0 Å². The van der Waals surface area contributed by atoms with Crippen molar-refractivity contribution in [3.63, 3.8) is 0 Å². The maximum absolute atomic E-state index is 6.68. The van der Waals surface area contributed by atoms with E-state index in [0.29, 0.717) is 0 Å². The van der Waals surface area contributed by atoms with E-state index in [4.69, 9.17) is 11.2 Å². The first-order valence-electron chi connectivity index (χ1n) is 5.11. The molecule has 0 aliphatic rings. The van der Waals surface area contributed by atoms with Crippen LogP contribution in [0.5, 0.6) is 0 Å². The molecule has 0 aromatic rings. The fourth-order valence-electron chi connectivity index (χ4n) is 1.40. The summed E-state index contributed by atoms with van der Waals surface area (Å²) in [6.45, 7) is 9.11. The second kappa shape index (κ2) is 4.82. The van der Waals surface area contributed by atoms with E-state index >= 15 is 0 Å². The molecule has 0 heterocycles. The second-order valence-corrected chi connectivity index (χ2v) is 14.0. The Bertz CT molecular complexity index is 112. The van der Waals surface area contributed by atoms with E-state index in [-0.39, 0.29) is 0 Å². The van der Waals surface area contributed by atoms with Crippen molar-refractivity contribution < 1.29 is 0 Å². The average Bonchev–Trinajstić information content (AvgIpc) is 1.97. The normalized spacial score (nSPS) is 15.6. The zero-order valence-electron chi connectivity index (χ0n) is 9.07. The van der Waals surface area contributed by atoms with Gasteiger partial charge in [-0.25, -0.2) is 0 Å². The van der Waals surface area contributed by atoms with Crippen LogP contribution in [0.4, 0.5) is 0 Å². The van der Waals surface area contributed by atoms with Gasteiger partial charge < -0.3 is 0 Å². The summed E-state index contributed by atoms with van der Waals surface area (Å²) in [7, 11) is 0. The zero-order chi connectivity index (χ0) is 9.69. The molecule has 0 aromatic heterocycles. The van der Waals surface area contributed by atoms with Crippen LogP contribution in [0.15, 0.2) is 0 Å². The van der Waals surface area contributed by atoms with Gasteiger partial charge in [0.25, 0.3) is 0 Å². The molecule has 0 atom stereocenters. The molecule has 0 aliphatic heterocycles. The number of hydrogen-bond donors (Lipinski definition) is 0. The van der Waals surface area contributed by atoms with Gasteiger partial charge in [0, 0.05) is 0 Å². The van der Waals surface area contributed by atoms with Crippen molar-refractivity contribution in [2.75, 3.05) is 25.7 Å². The molecule has 0 aliphatic carbocycles. The third-order valence-electron chi connectivity index (χ3n) is 2.40. The molecule has 0 amide bonds. The van der Waals surface area contributed by atoms with Crippen LogP contribution in [0.25, 0.3) is 0 Å². The molecule has 76 valence electrons. The number of unbranched alkanes of at least 4 members (excludes halogenated alkanes) is 2. The van der Waals surface area contributed by atoms with E-state index in [9.17, 15) is 0 Å². The zero-order valence-corrected chi connectivity index (χ0v) is 10.7. The minimum atomic E-state index is -1.73. The van der Waals surface area contributed by atoms with Crippen LogP contribution < -0.4 is 0 Å². The summed E-state index contributed by atoms with van der Waals surface area (Å²) in [5.41, 5.74) is 0. The molecule has 0 aromatic carbocycles. The molecule has 0 nitrogen and oxygen atoms in total. The molecule has 0 spiro atoms. The van der Waals surface area contributed by atoms with E-state index < -0.39 is 5.96 Å². The number of rotatable bonds is 6. The van der Waals surface area contributed by atoms with Crippen molar-refractivity contribution >= 4 is 17.2 Å². The first-order chi connectivity index (χ1) is 5.39. The summed E-state index contributed by atoms with van der Waals surface area (Å²) < 4.78 is 0. The molecule has 0 bridgehead atoms. The number of hydrogen-bond acceptors (Lipinski definition) is 0. The van der Waals surface area contributed by atoms with Crippen LogP contribution >= 0.6 is 17.2 Å². The SMILES string of the molecule is CCCCP(C)(C)(Cl)CCCC. The average molecular weight is 211 g/mol.